The molecule has 0 spiro atoms. The standard InChI is InChI=1S/C14H18FN3/c1-10-7-11(15)5-6-12(10)18-9-17-8-13(18)14(2,3)16-4/h5-9,16H,1-4H3. The van der Waals surface area contributed by atoms with Gasteiger partial charge in [-0.2, -0.15) is 0 Å². The van der Waals surface area contributed by atoms with Gasteiger partial charge < -0.3 is 9.88 Å². The Morgan fingerprint density at radius 1 is 1.33 bits per heavy atom. The number of aromatic nitrogens is 2. The molecule has 18 heavy (non-hydrogen) atoms. The van der Waals surface area contributed by atoms with Crippen molar-refractivity contribution < 1.29 is 4.39 Å². The van der Waals surface area contributed by atoms with Crippen LogP contribution in [-0.2, 0) is 5.54 Å². The Bertz CT molecular complexity index is 558. The molecular formula is C14H18FN3. The Balaban J connectivity index is 2.56. The number of halogens is 1. The number of hydrogen-bond donors (Lipinski definition) is 1. The van der Waals surface area contributed by atoms with Crippen molar-refractivity contribution in [2.75, 3.05) is 7.05 Å². The SMILES string of the molecule is CNC(C)(C)c1cncn1-c1ccc(F)cc1C. The highest BCUT2D eigenvalue weighted by atomic mass is 19.1. The van der Waals surface area contributed by atoms with Crippen molar-refractivity contribution in [2.45, 2.75) is 26.3 Å². The van der Waals surface area contributed by atoms with Crippen LogP contribution in [0, 0.1) is 12.7 Å². The van der Waals surface area contributed by atoms with E-state index >= 15 is 0 Å². The summed E-state index contributed by atoms with van der Waals surface area (Å²) in [5.74, 6) is -0.217. The average Bonchev–Trinajstić information content (AvgIpc) is 2.78. The summed E-state index contributed by atoms with van der Waals surface area (Å²) in [5, 5.41) is 3.25. The van der Waals surface area contributed by atoms with Gasteiger partial charge >= 0.3 is 0 Å². The highest BCUT2D eigenvalue weighted by Crippen LogP contribution is 2.24. The molecule has 0 unspecified atom stereocenters. The van der Waals surface area contributed by atoms with E-state index in [4.69, 9.17) is 0 Å². The Morgan fingerprint density at radius 3 is 2.67 bits per heavy atom. The van der Waals surface area contributed by atoms with Gasteiger partial charge in [0.2, 0.25) is 0 Å². The molecule has 0 fully saturated rings. The zero-order valence-electron chi connectivity index (χ0n) is 11.2. The topological polar surface area (TPSA) is 29.9 Å². The molecule has 1 aromatic heterocycles. The molecule has 0 bridgehead atoms. The second-order valence-corrected chi connectivity index (χ2v) is 4.95. The van der Waals surface area contributed by atoms with Gasteiger partial charge in [0.05, 0.1) is 23.8 Å². The minimum Gasteiger partial charge on any atom is -0.310 e. The van der Waals surface area contributed by atoms with Gasteiger partial charge in [-0.3, -0.25) is 0 Å². The van der Waals surface area contributed by atoms with Gasteiger partial charge in [0, 0.05) is 5.69 Å². The van der Waals surface area contributed by atoms with Crippen LogP contribution in [-0.4, -0.2) is 16.6 Å². The van der Waals surface area contributed by atoms with Crippen LogP contribution in [0.15, 0.2) is 30.7 Å². The molecule has 2 rings (SSSR count). The third kappa shape index (κ3) is 2.16. The number of hydrogen-bond acceptors (Lipinski definition) is 2. The predicted molar refractivity (Wildman–Crippen MR) is 70.3 cm³/mol. The first-order chi connectivity index (χ1) is 8.45. The van der Waals surface area contributed by atoms with E-state index in [-0.39, 0.29) is 11.4 Å². The zero-order valence-corrected chi connectivity index (χ0v) is 11.2. The van der Waals surface area contributed by atoms with Crippen LogP contribution in [0.5, 0.6) is 0 Å². The second-order valence-electron chi connectivity index (χ2n) is 4.95. The molecule has 1 heterocycles. The summed E-state index contributed by atoms with van der Waals surface area (Å²) in [7, 11) is 1.91. The molecular weight excluding hydrogens is 229 g/mol. The van der Waals surface area contributed by atoms with Crippen LogP contribution in [0.4, 0.5) is 4.39 Å². The van der Waals surface area contributed by atoms with E-state index in [1.165, 1.54) is 12.1 Å². The first-order valence-corrected chi connectivity index (χ1v) is 5.94. The maximum atomic E-state index is 13.2. The van der Waals surface area contributed by atoms with Gasteiger partial charge in [-0.15, -0.1) is 0 Å². The minimum absolute atomic E-state index is 0.197. The van der Waals surface area contributed by atoms with E-state index in [0.717, 1.165) is 16.9 Å². The molecule has 0 radical (unpaired) electrons. The van der Waals surface area contributed by atoms with Crippen LogP contribution in [0.3, 0.4) is 0 Å². The predicted octanol–water partition coefficient (Wildman–Crippen LogP) is 2.77. The van der Waals surface area contributed by atoms with E-state index in [0.29, 0.717) is 0 Å². The number of nitrogens with one attached hydrogen (secondary N) is 1. The summed E-state index contributed by atoms with van der Waals surface area (Å²) in [6.07, 6.45) is 3.59. The number of nitrogens with zero attached hydrogens (tertiary/aromatic N) is 2. The summed E-state index contributed by atoms with van der Waals surface area (Å²) in [4.78, 5) is 4.21. The van der Waals surface area contributed by atoms with Crippen molar-refractivity contribution in [3.63, 3.8) is 0 Å². The van der Waals surface area contributed by atoms with Crippen molar-refractivity contribution in [1.29, 1.82) is 0 Å². The summed E-state index contributed by atoms with van der Waals surface area (Å²) < 4.78 is 15.1. The third-order valence-electron chi connectivity index (χ3n) is 3.32. The monoisotopic (exact) mass is 247 g/mol. The van der Waals surface area contributed by atoms with Crippen molar-refractivity contribution in [1.82, 2.24) is 14.9 Å². The largest absolute Gasteiger partial charge is 0.310 e. The smallest absolute Gasteiger partial charge is 0.123 e. The first-order valence-electron chi connectivity index (χ1n) is 5.94. The lowest BCUT2D eigenvalue weighted by Crippen LogP contribution is -2.35. The fraction of sp³-hybridized carbons (Fsp3) is 0.357. The highest BCUT2D eigenvalue weighted by molar-refractivity contribution is 5.42. The molecule has 1 N–H and O–H groups in total. The fourth-order valence-corrected chi connectivity index (χ4v) is 1.97. The highest BCUT2D eigenvalue weighted by Gasteiger charge is 2.23. The normalized spacial score (nSPS) is 11.8. The van der Waals surface area contributed by atoms with Crippen LogP contribution < -0.4 is 5.32 Å². The molecule has 0 saturated carbocycles. The Kier molecular flexibility index (Phi) is 3.22. The van der Waals surface area contributed by atoms with Crippen molar-refractivity contribution >= 4 is 0 Å². The zero-order chi connectivity index (χ0) is 13.3. The lowest BCUT2D eigenvalue weighted by atomic mass is 10.0. The molecule has 96 valence electrons. The van der Waals surface area contributed by atoms with Gasteiger partial charge in [-0.05, 0) is 51.6 Å². The Hall–Kier alpha value is -1.68. The Labute approximate surface area is 107 Å². The molecule has 0 saturated heterocycles. The van der Waals surface area contributed by atoms with E-state index in [2.05, 4.69) is 24.1 Å². The summed E-state index contributed by atoms with van der Waals surface area (Å²) in [6, 6.07) is 4.78. The molecule has 1 aromatic carbocycles. The molecule has 0 aliphatic rings. The van der Waals surface area contributed by atoms with Crippen molar-refractivity contribution in [3.8, 4) is 5.69 Å². The second kappa shape index (κ2) is 4.53. The van der Waals surface area contributed by atoms with E-state index in [9.17, 15) is 4.39 Å². The summed E-state index contributed by atoms with van der Waals surface area (Å²) >= 11 is 0. The first kappa shape index (κ1) is 12.8. The number of benzene rings is 1. The van der Waals surface area contributed by atoms with Gasteiger partial charge in [-0.1, -0.05) is 0 Å². The molecule has 0 atom stereocenters. The van der Waals surface area contributed by atoms with Gasteiger partial charge in [0.1, 0.15) is 5.82 Å². The van der Waals surface area contributed by atoms with Crippen molar-refractivity contribution in [2.24, 2.45) is 0 Å². The molecule has 0 aliphatic heterocycles. The van der Waals surface area contributed by atoms with Gasteiger partial charge in [0.15, 0.2) is 0 Å². The lowest BCUT2D eigenvalue weighted by Gasteiger charge is -2.26. The molecule has 4 heteroatoms. The van der Waals surface area contributed by atoms with Gasteiger partial charge in [-0.25, -0.2) is 9.37 Å². The molecule has 0 aliphatic carbocycles. The average molecular weight is 247 g/mol. The van der Waals surface area contributed by atoms with E-state index < -0.39 is 0 Å². The van der Waals surface area contributed by atoms with Crippen LogP contribution >= 0.6 is 0 Å². The lowest BCUT2D eigenvalue weighted by molar-refractivity contribution is 0.424. The van der Waals surface area contributed by atoms with Crippen LogP contribution in [0.1, 0.15) is 25.1 Å². The molecule has 0 amide bonds. The van der Waals surface area contributed by atoms with Crippen molar-refractivity contribution in [3.05, 3.63) is 47.8 Å². The van der Waals surface area contributed by atoms with E-state index in [1.807, 2.05) is 24.7 Å². The van der Waals surface area contributed by atoms with Gasteiger partial charge in [0.25, 0.3) is 0 Å². The number of rotatable bonds is 3. The van der Waals surface area contributed by atoms with Crippen LogP contribution in [0.25, 0.3) is 5.69 Å². The molecule has 3 nitrogen and oxygen atoms in total. The van der Waals surface area contributed by atoms with E-state index in [1.54, 1.807) is 12.4 Å². The summed E-state index contributed by atoms with van der Waals surface area (Å²) in [6.45, 7) is 6.06. The Morgan fingerprint density at radius 2 is 2.06 bits per heavy atom. The third-order valence-corrected chi connectivity index (χ3v) is 3.32. The fourth-order valence-electron chi connectivity index (χ4n) is 1.97. The molecule has 2 aromatic rings. The minimum atomic E-state index is -0.217. The number of aryl methyl sites for hydroxylation is 1. The quantitative estimate of drug-likeness (QED) is 0.903. The maximum Gasteiger partial charge on any atom is 0.123 e. The number of imidazole rings is 1. The summed E-state index contributed by atoms with van der Waals surface area (Å²) in [5.41, 5.74) is 2.69. The van der Waals surface area contributed by atoms with Crippen LogP contribution in [0.2, 0.25) is 0 Å². The maximum absolute atomic E-state index is 13.2.